The average Bonchev–Trinajstić information content (AvgIpc) is 3.56. The normalized spacial score (nSPS) is 16.9. The first-order valence-electron chi connectivity index (χ1n) is 12.0. The predicted octanol–water partition coefficient (Wildman–Crippen LogP) is 8.62. The molecule has 0 bridgehead atoms. The number of nitrogens with one attached hydrogen (secondary N) is 1. The second-order valence-corrected chi connectivity index (χ2v) is 9.94. The van der Waals surface area contributed by atoms with E-state index in [2.05, 4.69) is 15.2 Å². The summed E-state index contributed by atoms with van der Waals surface area (Å²) in [5.41, 5.74) is 2.60. The Balaban J connectivity index is 1.36. The van der Waals surface area contributed by atoms with Crippen molar-refractivity contribution in [2.24, 2.45) is 0 Å². The van der Waals surface area contributed by atoms with Gasteiger partial charge in [0, 0.05) is 17.4 Å². The molecule has 1 saturated heterocycles. The molecule has 2 unspecified atom stereocenters. The van der Waals surface area contributed by atoms with Crippen LogP contribution < -0.4 is 15.0 Å². The summed E-state index contributed by atoms with van der Waals surface area (Å²) in [5.74, 6) is 2.93. The summed E-state index contributed by atoms with van der Waals surface area (Å²) in [4.78, 5) is 6.66. The van der Waals surface area contributed by atoms with Gasteiger partial charge in [0.1, 0.15) is 29.1 Å². The lowest BCUT2D eigenvalue weighted by Crippen LogP contribution is -2.29. The van der Waals surface area contributed by atoms with Crippen molar-refractivity contribution in [1.82, 2.24) is 10.3 Å². The van der Waals surface area contributed by atoms with E-state index < -0.39 is 0 Å². The molecule has 0 aliphatic carbocycles. The first kappa shape index (κ1) is 24.5. The molecule has 1 fully saturated rings. The maximum Gasteiger partial charge on any atom is 0.174 e. The van der Waals surface area contributed by atoms with Gasteiger partial charge in [0.05, 0.1) is 21.8 Å². The second-order valence-electron chi connectivity index (χ2n) is 8.74. The number of anilines is 1. The molecule has 188 valence electrons. The predicted molar refractivity (Wildman–Crippen MR) is 155 cm³/mol. The highest BCUT2D eigenvalue weighted by Crippen LogP contribution is 2.43. The SMILES string of the molecule is S=C1NC(c2ccccn2)C(c2ccc(-c3ccc(Cl)c(Cl)c3)o2)N1c1ccc(Oc2ccccc2)cc1. The Morgan fingerprint density at radius 2 is 1.58 bits per heavy atom. The largest absolute Gasteiger partial charge is 0.459 e. The number of rotatable bonds is 6. The Kier molecular flexibility index (Phi) is 6.77. The molecule has 1 aliphatic heterocycles. The van der Waals surface area contributed by atoms with Gasteiger partial charge in [-0.3, -0.25) is 4.98 Å². The Morgan fingerprint density at radius 3 is 2.32 bits per heavy atom. The minimum absolute atomic E-state index is 0.225. The molecule has 8 heteroatoms. The number of hydrogen-bond donors (Lipinski definition) is 1. The van der Waals surface area contributed by atoms with Gasteiger partial charge in [0.2, 0.25) is 0 Å². The molecule has 1 aliphatic rings. The van der Waals surface area contributed by atoms with Crippen molar-refractivity contribution in [3.05, 3.63) is 131 Å². The van der Waals surface area contributed by atoms with Gasteiger partial charge in [-0.05, 0) is 91.1 Å². The van der Waals surface area contributed by atoms with E-state index in [1.54, 1.807) is 18.3 Å². The van der Waals surface area contributed by atoms with E-state index in [1.807, 2.05) is 91.0 Å². The summed E-state index contributed by atoms with van der Waals surface area (Å²) in [6, 6.07) is 32.2. The van der Waals surface area contributed by atoms with Crippen molar-refractivity contribution in [3.63, 3.8) is 0 Å². The molecular weight excluding hydrogens is 537 g/mol. The van der Waals surface area contributed by atoms with E-state index in [-0.39, 0.29) is 12.1 Å². The minimum Gasteiger partial charge on any atom is -0.459 e. The highest BCUT2D eigenvalue weighted by Gasteiger charge is 2.42. The fraction of sp³-hybridized carbons (Fsp3) is 0.0667. The van der Waals surface area contributed by atoms with Crippen LogP contribution >= 0.6 is 35.4 Å². The van der Waals surface area contributed by atoms with Crippen molar-refractivity contribution in [2.45, 2.75) is 12.1 Å². The van der Waals surface area contributed by atoms with Gasteiger partial charge >= 0.3 is 0 Å². The maximum atomic E-state index is 6.41. The third-order valence-corrected chi connectivity index (χ3v) is 7.37. The van der Waals surface area contributed by atoms with Gasteiger partial charge in [-0.15, -0.1) is 0 Å². The molecule has 0 amide bonds. The van der Waals surface area contributed by atoms with Gasteiger partial charge in [0.15, 0.2) is 5.11 Å². The lowest BCUT2D eigenvalue weighted by Gasteiger charge is -2.26. The Bertz CT molecular complexity index is 1580. The lowest BCUT2D eigenvalue weighted by atomic mass is 10.0. The highest BCUT2D eigenvalue weighted by atomic mass is 35.5. The third kappa shape index (κ3) is 4.86. The van der Waals surface area contributed by atoms with E-state index >= 15 is 0 Å². The fourth-order valence-corrected chi connectivity index (χ4v) is 5.18. The number of aromatic nitrogens is 1. The quantitative estimate of drug-likeness (QED) is 0.211. The second kappa shape index (κ2) is 10.5. The number of hydrogen-bond acceptors (Lipinski definition) is 4. The van der Waals surface area contributed by atoms with Gasteiger partial charge < -0.3 is 19.4 Å². The Labute approximate surface area is 235 Å². The number of para-hydroxylation sites is 1. The Morgan fingerprint density at radius 1 is 0.816 bits per heavy atom. The van der Waals surface area contributed by atoms with Crippen LogP contribution in [-0.4, -0.2) is 10.1 Å². The first-order valence-corrected chi connectivity index (χ1v) is 13.1. The molecule has 3 heterocycles. The molecule has 3 aromatic carbocycles. The number of thiocarbonyl (C=S) groups is 1. The number of nitrogens with zero attached hydrogens (tertiary/aromatic N) is 2. The third-order valence-electron chi connectivity index (χ3n) is 6.31. The minimum atomic E-state index is -0.283. The highest BCUT2D eigenvalue weighted by molar-refractivity contribution is 7.80. The van der Waals surface area contributed by atoms with E-state index in [4.69, 9.17) is 44.6 Å². The zero-order valence-electron chi connectivity index (χ0n) is 19.9. The standard InChI is InChI=1S/C30H21Cl2N3O2S/c31-23-14-9-19(18-24(23)32)26-15-16-27(37-26)29-28(25-8-4-5-17-33-25)34-30(38)35(29)20-10-12-22(13-11-20)36-21-6-2-1-3-7-21/h1-18,28-29H,(H,34,38). The van der Waals surface area contributed by atoms with Crippen molar-refractivity contribution < 1.29 is 9.15 Å². The molecule has 38 heavy (non-hydrogen) atoms. The molecule has 0 saturated carbocycles. The topological polar surface area (TPSA) is 50.5 Å². The van der Waals surface area contributed by atoms with E-state index in [9.17, 15) is 0 Å². The monoisotopic (exact) mass is 557 g/mol. The average molecular weight is 558 g/mol. The number of pyridine rings is 1. The summed E-state index contributed by atoms with van der Waals surface area (Å²) < 4.78 is 12.4. The molecule has 0 radical (unpaired) electrons. The van der Waals surface area contributed by atoms with Crippen molar-refractivity contribution >= 4 is 46.2 Å². The molecule has 5 nitrogen and oxygen atoms in total. The van der Waals surface area contributed by atoms with Gasteiger partial charge in [0.25, 0.3) is 0 Å². The molecule has 2 atom stereocenters. The number of ether oxygens (including phenoxy) is 1. The zero-order valence-corrected chi connectivity index (χ0v) is 22.3. The summed E-state index contributed by atoms with van der Waals surface area (Å²) >= 11 is 18.2. The number of benzene rings is 3. The first-order chi connectivity index (χ1) is 18.6. The van der Waals surface area contributed by atoms with Gasteiger partial charge in [-0.25, -0.2) is 0 Å². The Hall–Kier alpha value is -3.84. The van der Waals surface area contributed by atoms with Crippen LogP contribution in [0.2, 0.25) is 10.0 Å². The van der Waals surface area contributed by atoms with Crippen LogP contribution in [0.5, 0.6) is 11.5 Å². The van der Waals surface area contributed by atoms with E-state index in [1.165, 1.54) is 0 Å². The molecular formula is C30H21Cl2N3O2S. The van der Waals surface area contributed by atoms with Crippen LogP contribution in [0.15, 0.2) is 114 Å². The molecule has 6 rings (SSSR count). The van der Waals surface area contributed by atoms with Crippen LogP contribution in [0, 0.1) is 0 Å². The van der Waals surface area contributed by atoms with Crippen LogP contribution in [0.4, 0.5) is 5.69 Å². The zero-order chi connectivity index (χ0) is 26.1. The van der Waals surface area contributed by atoms with Crippen molar-refractivity contribution in [2.75, 3.05) is 4.90 Å². The molecule has 2 aromatic heterocycles. The van der Waals surface area contributed by atoms with Crippen molar-refractivity contribution in [1.29, 1.82) is 0 Å². The van der Waals surface area contributed by atoms with Crippen LogP contribution in [0.3, 0.4) is 0 Å². The van der Waals surface area contributed by atoms with Crippen LogP contribution in [0.1, 0.15) is 23.5 Å². The fourth-order valence-electron chi connectivity index (χ4n) is 4.54. The van der Waals surface area contributed by atoms with Crippen LogP contribution in [-0.2, 0) is 0 Å². The van der Waals surface area contributed by atoms with E-state index in [0.717, 1.165) is 34.2 Å². The van der Waals surface area contributed by atoms with Crippen molar-refractivity contribution in [3.8, 4) is 22.8 Å². The smallest absolute Gasteiger partial charge is 0.174 e. The summed E-state index contributed by atoms with van der Waals surface area (Å²) in [7, 11) is 0. The van der Waals surface area contributed by atoms with Gasteiger partial charge in [-0.1, -0.05) is 47.5 Å². The van der Waals surface area contributed by atoms with Gasteiger partial charge in [-0.2, -0.15) is 0 Å². The molecule has 5 aromatic rings. The maximum absolute atomic E-state index is 6.41. The summed E-state index contributed by atoms with van der Waals surface area (Å²) in [5, 5.41) is 4.99. The number of furan rings is 1. The number of halogens is 2. The molecule has 1 N–H and O–H groups in total. The summed E-state index contributed by atoms with van der Waals surface area (Å²) in [6.45, 7) is 0. The van der Waals surface area contributed by atoms with Crippen LogP contribution in [0.25, 0.3) is 11.3 Å². The molecule has 0 spiro atoms. The van der Waals surface area contributed by atoms with E-state index in [0.29, 0.717) is 20.9 Å². The summed E-state index contributed by atoms with van der Waals surface area (Å²) in [6.07, 6.45) is 1.78. The lowest BCUT2D eigenvalue weighted by molar-refractivity contribution is 0.439.